The zero-order valence-corrected chi connectivity index (χ0v) is 15.9. The number of hydrogen-bond acceptors (Lipinski definition) is 7. The van der Waals surface area contributed by atoms with E-state index in [4.69, 9.17) is 11.5 Å². The molecule has 2 aromatic heterocycles. The summed E-state index contributed by atoms with van der Waals surface area (Å²) in [6.07, 6.45) is 3.94. The zero-order valence-electron chi connectivity index (χ0n) is 15.9. The van der Waals surface area contributed by atoms with E-state index in [0.717, 1.165) is 11.6 Å². The molecule has 2 heterocycles. The van der Waals surface area contributed by atoms with Gasteiger partial charge < -0.3 is 22.1 Å². The molecule has 150 valence electrons. The highest BCUT2D eigenvalue weighted by Gasteiger charge is 2.17. The van der Waals surface area contributed by atoms with Crippen molar-refractivity contribution in [2.24, 2.45) is 11.5 Å². The first-order chi connectivity index (χ1) is 14.0. The summed E-state index contributed by atoms with van der Waals surface area (Å²) in [5.41, 5.74) is 12.3. The molecule has 1 amide bonds. The third-order valence-corrected chi connectivity index (χ3v) is 4.17. The summed E-state index contributed by atoms with van der Waals surface area (Å²) < 4.78 is 14.4. The fourth-order valence-corrected chi connectivity index (χ4v) is 2.75. The first-order valence-corrected chi connectivity index (χ1v) is 9.09. The normalized spacial score (nSPS) is 11.7. The summed E-state index contributed by atoms with van der Waals surface area (Å²) >= 11 is 0. The van der Waals surface area contributed by atoms with Gasteiger partial charge in [0.1, 0.15) is 5.82 Å². The van der Waals surface area contributed by atoms with E-state index in [9.17, 15) is 9.18 Å². The van der Waals surface area contributed by atoms with E-state index >= 15 is 0 Å². The smallest absolute Gasteiger partial charge is 0.252 e. The third-order valence-electron chi connectivity index (χ3n) is 4.17. The quantitative estimate of drug-likeness (QED) is 0.461. The summed E-state index contributed by atoms with van der Waals surface area (Å²) in [4.78, 5) is 24.5. The van der Waals surface area contributed by atoms with Crippen LogP contribution < -0.4 is 22.1 Å². The minimum atomic E-state index is -0.789. The van der Waals surface area contributed by atoms with Crippen molar-refractivity contribution in [3.63, 3.8) is 0 Å². The second-order valence-electron chi connectivity index (χ2n) is 6.48. The molecule has 0 radical (unpaired) electrons. The topological polar surface area (TPSA) is 132 Å². The number of pyridine rings is 1. The summed E-state index contributed by atoms with van der Waals surface area (Å²) in [5.74, 6) is -0.743. The highest BCUT2D eigenvalue weighted by atomic mass is 19.1. The standard InChI is InChI=1S/C20H22FN7O/c1-12(6-7-22)26-20-16(21)11-15(17(23)29)19(28-20)27-14-5-2-4-13(10-14)18-24-8-3-9-25-18/h2-5,8-12H,6-7,22H2,1H3,(H2,23,29)(H2,26,27,28)/t12-/m1/s1. The Morgan fingerprint density at radius 2 is 1.93 bits per heavy atom. The Kier molecular flexibility index (Phi) is 6.30. The number of aromatic nitrogens is 3. The fraction of sp³-hybridized carbons (Fsp3) is 0.200. The van der Waals surface area contributed by atoms with Crippen LogP contribution in [0.15, 0.2) is 48.8 Å². The average molecular weight is 395 g/mol. The zero-order chi connectivity index (χ0) is 20.8. The molecule has 1 atom stereocenters. The van der Waals surface area contributed by atoms with Gasteiger partial charge in [0.2, 0.25) is 0 Å². The van der Waals surface area contributed by atoms with Crippen molar-refractivity contribution in [1.82, 2.24) is 15.0 Å². The molecule has 0 aliphatic heterocycles. The number of nitrogens with two attached hydrogens (primary N) is 2. The Labute approximate surface area is 167 Å². The highest BCUT2D eigenvalue weighted by Crippen LogP contribution is 2.26. The van der Waals surface area contributed by atoms with Gasteiger partial charge in [-0.25, -0.2) is 19.3 Å². The lowest BCUT2D eigenvalue weighted by Gasteiger charge is -2.17. The monoisotopic (exact) mass is 395 g/mol. The number of hydrogen-bond donors (Lipinski definition) is 4. The van der Waals surface area contributed by atoms with Crippen LogP contribution in [0.25, 0.3) is 11.4 Å². The second kappa shape index (κ2) is 9.07. The number of carbonyl (C=O) groups excluding carboxylic acids is 1. The number of nitrogens with zero attached hydrogens (tertiary/aromatic N) is 3. The molecule has 0 saturated heterocycles. The molecular formula is C20H22FN7O. The highest BCUT2D eigenvalue weighted by molar-refractivity contribution is 5.98. The first kappa shape index (κ1) is 20.2. The predicted molar refractivity (Wildman–Crippen MR) is 110 cm³/mol. The molecule has 9 heteroatoms. The van der Waals surface area contributed by atoms with E-state index in [-0.39, 0.29) is 23.2 Å². The Bertz CT molecular complexity index is 997. The lowest BCUT2D eigenvalue weighted by Crippen LogP contribution is -2.22. The Morgan fingerprint density at radius 1 is 1.17 bits per heavy atom. The number of benzene rings is 1. The summed E-state index contributed by atoms with van der Waals surface area (Å²) in [5, 5.41) is 6.00. The number of amides is 1. The Morgan fingerprint density at radius 3 is 2.62 bits per heavy atom. The predicted octanol–water partition coefficient (Wildman–Crippen LogP) is 2.67. The molecule has 0 aliphatic carbocycles. The Hall–Kier alpha value is -3.59. The van der Waals surface area contributed by atoms with Crippen LogP contribution in [-0.2, 0) is 0 Å². The molecule has 0 unspecified atom stereocenters. The van der Waals surface area contributed by atoms with E-state index in [0.29, 0.717) is 24.5 Å². The lowest BCUT2D eigenvalue weighted by molar-refractivity contribution is 0.100. The van der Waals surface area contributed by atoms with Gasteiger partial charge in [0.05, 0.1) is 5.56 Å². The third kappa shape index (κ3) is 5.02. The molecule has 1 aromatic carbocycles. The molecule has 3 rings (SSSR count). The largest absolute Gasteiger partial charge is 0.365 e. The molecular weight excluding hydrogens is 373 g/mol. The minimum Gasteiger partial charge on any atom is -0.365 e. The molecule has 3 aromatic rings. The fourth-order valence-electron chi connectivity index (χ4n) is 2.75. The van der Waals surface area contributed by atoms with Gasteiger partial charge in [0, 0.05) is 29.7 Å². The summed E-state index contributed by atoms with van der Waals surface area (Å²) in [7, 11) is 0. The molecule has 29 heavy (non-hydrogen) atoms. The van der Waals surface area contributed by atoms with Gasteiger partial charge >= 0.3 is 0 Å². The van der Waals surface area contributed by atoms with E-state index in [2.05, 4.69) is 25.6 Å². The van der Waals surface area contributed by atoms with E-state index < -0.39 is 11.7 Å². The second-order valence-corrected chi connectivity index (χ2v) is 6.48. The van der Waals surface area contributed by atoms with Gasteiger partial charge in [-0.15, -0.1) is 0 Å². The number of carbonyl (C=O) groups is 1. The van der Waals surface area contributed by atoms with E-state index in [1.807, 2.05) is 19.1 Å². The van der Waals surface area contributed by atoms with Crippen LogP contribution in [0.1, 0.15) is 23.7 Å². The minimum absolute atomic E-state index is 0.0148. The number of nitrogens with one attached hydrogen (secondary N) is 2. The molecule has 0 bridgehead atoms. The number of halogens is 1. The van der Waals surface area contributed by atoms with Crippen LogP contribution in [-0.4, -0.2) is 33.4 Å². The molecule has 0 aliphatic rings. The molecule has 6 N–H and O–H groups in total. The van der Waals surface area contributed by atoms with E-state index in [1.165, 1.54) is 0 Å². The summed E-state index contributed by atoms with van der Waals surface area (Å²) in [6.45, 7) is 2.32. The molecule has 0 saturated carbocycles. The van der Waals surface area contributed by atoms with Gasteiger partial charge in [-0.1, -0.05) is 12.1 Å². The maximum absolute atomic E-state index is 14.4. The van der Waals surface area contributed by atoms with Crippen molar-refractivity contribution >= 4 is 23.2 Å². The van der Waals surface area contributed by atoms with Gasteiger partial charge in [-0.05, 0) is 44.2 Å². The average Bonchev–Trinajstić information content (AvgIpc) is 2.71. The maximum atomic E-state index is 14.4. The molecule has 8 nitrogen and oxygen atoms in total. The van der Waals surface area contributed by atoms with Crippen molar-refractivity contribution < 1.29 is 9.18 Å². The van der Waals surface area contributed by atoms with Crippen molar-refractivity contribution in [2.75, 3.05) is 17.2 Å². The van der Waals surface area contributed by atoms with Crippen LogP contribution in [0.2, 0.25) is 0 Å². The Balaban J connectivity index is 1.94. The van der Waals surface area contributed by atoms with Gasteiger partial charge in [-0.3, -0.25) is 4.79 Å². The van der Waals surface area contributed by atoms with Crippen LogP contribution in [0.4, 0.5) is 21.7 Å². The first-order valence-electron chi connectivity index (χ1n) is 9.09. The number of anilines is 3. The molecule has 0 spiro atoms. The molecule has 0 fully saturated rings. The number of rotatable bonds is 8. The van der Waals surface area contributed by atoms with Crippen molar-refractivity contribution in [3.8, 4) is 11.4 Å². The SMILES string of the molecule is C[C@H](CCN)Nc1nc(Nc2cccc(-c3ncccn3)c2)c(C(N)=O)cc1F. The van der Waals surface area contributed by atoms with Crippen LogP contribution in [0.3, 0.4) is 0 Å². The van der Waals surface area contributed by atoms with Crippen LogP contribution in [0.5, 0.6) is 0 Å². The number of primary amides is 1. The van der Waals surface area contributed by atoms with Crippen molar-refractivity contribution in [1.29, 1.82) is 0 Å². The van der Waals surface area contributed by atoms with Crippen LogP contribution >= 0.6 is 0 Å². The van der Waals surface area contributed by atoms with Crippen molar-refractivity contribution in [3.05, 3.63) is 60.2 Å². The lowest BCUT2D eigenvalue weighted by atomic mass is 10.1. The van der Waals surface area contributed by atoms with Crippen LogP contribution in [0, 0.1) is 5.82 Å². The van der Waals surface area contributed by atoms with Gasteiger partial charge in [0.15, 0.2) is 17.5 Å². The van der Waals surface area contributed by atoms with E-state index in [1.54, 1.807) is 30.6 Å². The maximum Gasteiger partial charge on any atom is 0.252 e. The van der Waals surface area contributed by atoms with Gasteiger partial charge in [-0.2, -0.15) is 0 Å². The summed E-state index contributed by atoms with van der Waals surface area (Å²) in [6, 6.07) is 9.96. The van der Waals surface area contributed by atoms with Gasteiger partial charge in [0.25, 0.3) is 5.91 Å². The van der Waals surface area contributed by atoms with Crippen molar-refractivity contribution in [2.45, 2.75) is 19.4 Å².